The number of ether oxygens (including phenoxy) is 3. The predicted octanol–water partition coefficient (Wildman–Crippen LogP) is 3.87. The van der Waals surface area contributed by atoms with Crippen LogP contribution < -0.4 is 14.2 Å². The van der Waals surface area contributed by atoms with Gasteiger partial charge in [0, 0.05) is 37.2 Å². The van der Waals surface area contributed by atoms with Crippen LogP contribution in [0, 0.1) is 5.41 Å². The molecule has 1 saturated heterocycles. The van der Waals surface area contributed by atoms with Crippen LogP contribution in [0.2, 0.25) is 0 Å². The van der Waals surface area contributed by atoms with Crippen molar-refractivity contribution in [2.75, 3.05) is 46.0 Å². The number of para-hydroxylation sites is 1. The van der Waals surface area contributed by atoms with Gasteiger partial charge in [-0.1, -0.05) is 39.0 Å². The first-order chi connectivity index (χ1) is 15.8. The van der Waals surface area contributed by atoms with Crippen molar-refractivity contribution in [3.05, 3.63) is 54.1 Å². The predicted molar refractivity (Wildman–Crippen MR) is 127 cm³/mol. The van der Waals surface area contributed by atoms with E-state index in [9.17, 15) is 9.59 Å². The minimum atomic E-state index is -0.416. The van der Waals surface area contributed by atoms with E-state index < -0.39 is 5.41 Å². The molecule has 1 aliphatic rings. The van der Waals surface area contributed by atoms with Gasteiger partial charge in [-0.25, -0.2) is 0 Å². The molecule has 33 heavy (non-hydrogen) atoms. The lowest BCUT2D eigenvalue weighted by molar-refractivity contribution is -0.140. The minimum Gasteiger partial charge on any atom is -0.490 e. The average molecular weight is 455 g/mol. The van der Waals surface area contributed by atoms with Crippen LogP contribution >= 0.6 is 0 Å². The van der Waals surface area contributed by atoms with Crippen molar-refractivity contribution in [3.63, 3.8) is 0 Å². The highest BCUT2D eigenvalue weighted by atomic mass is 16.5. The second kappa shape index (κ2) is 11.1. The largest absolute Gasteiger partial charge is 0.490 e. The highest BCUT2D eigenvalue weighted by Crippen LogP contribution is 2.29. The van der Waals surface area contributed by atoms with Crippen molar-refractivity contribution in [3.8, 4) is 17.2 Å². The van der Waals surface area contributed by atoms with Crippen molar-refractivity contribution in [1.82, 2.24) is 9.80 Å². The number of piperazine rings is 1. The number of carbonyl (C=O) groups excluding carboxylic acids is 2. The Hall–Kier alpha value is -3.22. The van der Waals surface area contributed by atoms with Crippen LogP contribution in [0.25, 0.3) is 0 Å². The number of benzene rings is 2. The summed E-state index contributed by atoms with van der Waals surface area (Å²) in [5.41, 5.74) is 0.127. The van der Waals surface area contributed by atoms with Gasteiger partial charge in [-0.15, -0.1) is 0 Å². The van der Waals surface area contributed by atoms with E-state index in [2.05, 4.69) is 0 Å². The molecule has 0 saturated carbocycles. The summed E-state index contributed by atoms with van der Waals surface area (Å²) in [5.74, 6) is 1.94. The van der Waals surface area contributed by atoms with Gasteiger partial charge < -0.3 is 24.0 Å². The normalized spacial score (nSPS) is 14.1. The van der Waals surface area contributed by atoms with Gasteiger partial charge in [-0.05, 0) is 37.3 Å². The summed E-state index contributed by atoms with van der Waals surface area (Å²) in [4.78, 5) is 29.2. The SMILES string of the molecule is CCOc1cc(C(=O)N2CCN(C(=O)C(C)(C)C)CC2)ccc1OCCOc1ccccc1. The van der Waals surface area contributed by atoms with Crippen molar-refractivity contribution in [2.24, 2.45) is 5.41 Å². The molecule has 0 aliphatic carbocycles. The first-order valence-corrected chi connectivity index (χ1v) is 11.5. The van der Waals surface area contributed by atoms with E-state index in [1.165, 1.54) is 0 Å². The smallest absolute Gasteiger partial charge is 0.254 e. The Morgan fingerprint density at radius 2 is 1.45 bits per heavy atom. The molecule has 0 unspecified atom stereocenters. The molecule has 0 radical (unpaired) electrons. The molecule has 0 aromatic heterocycles. The molecule has 0 spiro atoms. The lowest BCUT2D eigenvalue weighted by Gasteiger charge is -2.37. The van der Waals surface area contributed by atoms with E-state index in [1.807, 2.05) is 62.9 Å². The van der Waals surface area contributed by atoms with E-state index in [0.717, 1.165) is 5.75 Å². The van der Waals surface area contributed by atoms with Gasteiger partial charge in [0.05, 0.1) is 6.61 Å². The zero-order valence-corrected chi connectivity index (χ0v) is 20.0. The Kier molecular flexibility index (Phi) is 8.20. The third kappa shape index (κ3) is 6.63. The number of hydrogen-bond donors (Lipinski definition) is 0. The summed E-state index contributed by atoms with van der Waals surface area (Å²) in [6.07, 6.45) is 0. The van der Waals surface area contributed by atoms with Gasteiger partial charge in [0.2, 0.25) is 5.91 Å². The first-order valence-electron chi connectivity index (χ1n) is 11.5. The van der Waals surface area contributed by atoms with Crippen LogP contribution in [-0.2, 0) is 4.79 Å². The molecule has 0 N–H and O–H groups in total. The lowest BCUT2D eigenvalue weighted by atomic mass is 9.94. The monoisotopic (exact) mass is 454 g/mol. The van der Waals surface area contributed by atoms with E-state index in [4.69, 9.17) is 14.2 Å². The number of nitrogens with zero attached hydrogens (tertiary/aromatic N) is 2. The topological polar surface area (TPSA) is 68.3 Å². The quantitative estimate of drug-likeness (QED) is 0.567. The molecule has 0 atom stereocenters. The van der Waals surface area contributed by atoms with E-state index in [1.54, 1.807) is 23.1 Å². The molecule has 1 fully saturated rings. The minimum absolute atomic E-state index is 0.0715. The zero-order chi connectivity index (χ0) is 23.8. The fraction of sp³-hybridized carbons (Fsp3) is 0.462. The maximum atomic E-state index is 13.1. The second-order valence-corrected chi connectivity index (χ2v) is 8.94. The molecule has 3 rings (SSSR count). The Balaban J connectivity index is 1.57. The van der Waals surface area contributed by atoms with Gasteiger partial charge in [0.1, 0.15) is 19.0 Å². The molecule has 0 bridgehead atoms. The lowest BCUT2D eigenvalue weighted by Crippen LogP contribution is -2.53. The first kappa shape index (κ1) is 24.4. The summed E-state index contributed by atoms with van der Waals surface area (Å²) >= 11 is 0. The van der Waals surface area contributed by atoms with E-state index >= 15 is 0 Å². The van der Waals surface area contributed by atoms with Gasteiger partial charge in [0.15, 0.2) is 11.5 Å². The van der Waals surface area contributed by atoms with Gasteiger partial charge >= 0.3 is 0 Å². The van der Waals surface area contributed by atoms with Crippen molar-refractivity contribution in [2.45, 2.75) is 27.7 Å². The summed E-state index contributed by atoms with van der Waals surface area (Å²) in [6.45, 7) is 11.0. The highest BCUT2D eigenvalue weighted by molar-refractivity contribution is 5.95. The van der Waals surface area contributed by atoms with Crippen molar-refractivity contribution < 1.29 is 23.8 Å². The van der Waals surface area contributed by atoms with Gasteiger partial charge in [-0.3, -0.25) is 9.59 Å². The molecule has 178 valence electrons. The van der Waals surface area contributed by atoms with Crippen molar-refractivity contribution >= 4 is 11.8 Å². The summed E-state index contributed by atoms with van der Waals surface area (Å²) in [7, 11) is 0. The summed E-state index contributed by atoms with van der Waals surface area (Å²) < 4.78 is 17.2. The number of rotatable bonds is 8. The molecule has 2 aromatic rings. The van der Waals surface area contributed by atoms with E-state index in [0.29, 0.717) is 63.1 Å². The van der Waals surface area contributed by atoms with Crippen LogP contribution in [0.3, 0.4) is 0 Å². The number of hydrogen-bond acceptors (Lipinski definition) is 5. The Bertz CT molecular complexity index is 931. The second-order valence-electron chi connectivity index (χ2n) is 8.94. The third-order valence-electron chi connectivity index (χ3n) is 5.34. The molecule has 7 heteroatoms. The third-order valence-corrected chi connectivity index (χ3v) is 5.34. The maximum absolute atomic E-state index is 13.1. The van der Waals surface area contributed by atoms with Crippen LogP contribution in [-0.4, -0.2) is 67.6 Å². The molecule has 7 nitrogen and oxygen atoms in total. The summed E-state index contributed by atoms with van der Waals surface area (Å²) in [5, 5.41) is 0. The Morgan fingerprint density at radius 1 is 0.818 bits per heavy atom. The molecular formula is C26H34N2O5. The van der Waals surface area contributed by atoms with Crippen molar-refractivity contribution in [1.29, 1.82) is 0 Å². The summed E-state index contributed by atoms with van der Waals surface area (Å²) in [6, 6.07) is 14.8. The maximum Gasteiger partial charge on any atom is 0.254 e. The zero-order valence-electron chi connectivity index (χ0n) is 20.0. The number of carbonyl (C=O) groups is 2. The fourth-order valence-corrected chi connectivity index (χ4v) is 3.63. The van der Waals surface area contributed by atoms with Gasteiger partial charge in [0.25, 0.3) is 5.91 Å². The van der Waals surface area contributed by atoms with Crippen LogP contribution in [0.15, 0.2) is 48.5 Å². The standard InChI is InChI=1S/C26H34N2O5/c1-5-31-23-19-20(11-12-22(23)33-18-17-32-21-9-7-6-8-10-21)24(29)27-13-15-28(16-14-27)25(30)26(2,3)4/h6-12,19H,5,13-18H2,1-4H3. The molecule has 1 heterocycles. The fourth-order valence-electron chi connectivity index (χ4n) is 3.63. The molecule has 2 amide bonds. The van der Waals surface area contributed by atoms with E-state index in [-0.39, 0.29) is 11.8 Å². The number of amides is 2. The molecule has 1 aliphatic heterocycles. The average Bonchev–Trinajstić information content (AvgIpc) is 2.82. The Labute approximate surface area is 196 Å². The Morgan fingerprint density at radius 3 is 2.09 bits per heavy atom. The molecule has 2 aromatic carbocycles. The van der Waals surface area contributed by atoms with Crippen LogP contribution in [0.4, 0.5) is 0 Å². The molecular weight excluding hydrogens is 420 g/mol. The van der Waals surface area contributed by atoms with Crippen LogP contribution in [0.1, 0.15) is 38.1 Å². The van der Waals surface area contributed by atoms with Crippen LogP contribution in [0.5, 0.6) is 17.2 Å². The highest BCUT2D eigenvalue weighted by Gasteiger charge is 2.31. The van der Waals surface area contributed by atoms with Gasteiger partial charge in [-0.2, -0.15) is 0 Å².